The Balaban J connectivity index is 1.84. The summed E-state index contributed by atoms with van der Waals surface area (Å²) in [5.74, 6) is 0.792. The quantitative estimate of drug-likeness (QED) is 0.415. The lowest BCUT2D eigenvalue weighted by Crippen LogP contribution is -2.38. The van der Waals surface area contributed by atoms with Crippen molar-refractivity contribution in [1.82, 2.24) is 0 Å². The number of benzene rings is 2. The fourth-order valence-electron chi connectivity index (χ4n) is 4.17. The molecule has 3 heteroatoms. The number of para-hydroxylation sites is 1. The number of amides is 1. The zero-order chi connectivity index (χ0) is 20.0. The highest BCUT2D eigenvalue weighted by Crippen LogP contribution is 2.42. The molecule has 2 aromatic carbocycles. The molecule has 0 radical (unpaired) electrons. The predicted octanol–water partition coefficient (Wildman–Crippen LogP) is 6.78. The third-order valence-electron chi connectivity index (χ3n) is 5.95. The number of hydrogen-bond donors (Lipinski definition) is 1. The molecule has 0 aliphatic heterocycles. The van der Waals surface area contributed by atoms with Crippen molar-refractivity contribution in [2.45, 2.75) is 58.8 Å². The second-order valence-electron chi connectivity index (χ2n) is 8.47. The Kier molecular flexibility index (Phi) is 7.01. The molecule has 1 aliphatic carbocycles. The van der Waals surface area contributed by atoms with Gasteiger partial charge in [-0.25, -0.2) is 0 Å². The van der Waals surface area contributed by atoms with E-state index in [1.807, 2.05) is 54.6 Å². The third kappa shape index (κ3) is 4.88. The number of carbonyl (C=O) groups is 1. The second kappa shape index (κ2) is 9.47. The minimum atomic E-state index is -0.232. The predicted molar refractivity (Wildman–Crippen MR) is 122 cm³/mol. The van der Waals surface area contributed by atoms with Crippen LogP contribution >= 0.6 is 12.2 Å². The first-order valence-corrected chi connectivity index (χ1v) is 10.9. The van der Waals surface area contributed by atoms with Gasteiger partial charge in [0.1, 0.15) is 0 Å². The third-order valence-corrected chi connectivity index (χ3v) is 6.40. The number of thiocarbonyl (C=S) groups is 1. The van der Waals surface area contributed by atoms with Crippen LogP contribution in [-0.2, 0) is 4.79 Å². The average Bonchev–Trinajstić information content (AvgIpc) is 2.73. The van der Waals surface area contributed by atoms with E-state index in [-0.39, 0.29) is 11.3 Å². The van der Waals surface area contributed by atoms with Crippen LogP contribution in [-0.4, -0.2) is 10.8 Å². The lowest BCUT2D eigenvalue weighted by atomic mass is 9.69. The molecule has 0 heterocycles. The maximum atomic E-state index is 13.5. The number of anilines is 1. The molecule has 3 rings (SSSR count). The summed E-state index contributed by atoms with van der Waals surface area (Å²) in [6, 6.07) is 17.9. The summed E-state index contributed by atoms with van der Waals surface area (Å²) < 4.78 is 0. The molecule has 28 heavy (non-hydrogen) atoms. The molecule has 1 aliphatic rings. The van der Waals surface area contributed by atoms with E-state index in [0.717, 1.165) is 60.2 Å². The van der Waals surface area contributed by atoms with Gasteiger partial charge in [0.15, 0.2) is 0 Å². The highest BCUT2D eigenvalue weighted by Gasteiger charge is 2.39. The SMILES string of the molecule is CC(C)CCC1(C(=O)Nc2ccccc2C(=S)c2ccccc2)CCCCC1. The Morgan fingerprint density at radius 1 is 1.00 bits per heavy atom. The normalized spacial score (nSPS) is 16.0. The van der Waals surface area contributed by atoms with Gasteiger partial charge in [-0.3, -0.25) is 4.79 Å². The Morgan fingerprint density at radius 3 is 2.32 bits per heavy atom. The van der Waals surface area contributed by atoms with Gasteiger partial charge in [-0.15, -0.1) is 0 Å². The van der Waals surface area contributed by atoms with Gasteiger partial charge in [0, 0.05) is 16.7 Å². The van der Waals surface area contributed by atoms with E-state index < -0.39 is 0 Å². The van der Waals surface area contributed by atoms with Gasteiger partial charge in [-0.2, -0.15) is 0 Å². The number of nitrogens with one attached hydrogen (secondary N) is 1. The molecule has 1 N–H and O–H groups in total. The van der Waals surface area contributed by atoms with Gasteiger partial charge >= 0.3 is 0 Å². The van der Waals surface area contributed by atoms with Crippen molar-refractivity contribution < 1.29 is 4.79 Å². The van der Waals surface area contributed by atoms with Crippen molar-refractivity contribution in [1.29, 1.82) is 0 Å². The van der Waals surface area contributed by atoms with Gasteiger partial charge in [-0.05, 0) is 43.2 Å². The van der Waals surface area contributed by atoms with Crippen molar-refractivity contribution in [3.05, 3.63) is 65.7 Å². The smallest absolute Gasteiger partial charge is 0.230 e. The molecule has 148 valence electrons. The zero-order valence-electron chi connectivity index (χ0n) is 17.0. The van der Waals surface area contributed by atoms with Crippen LogP contribution in [0.25, 0.3) is 0 Å². The van der Waals surface area contributed by atoms with Gasteiger partial charge in [0.2, 0.25) is 5.91 Å². The largest absolute Gasteiger partial charge is 0.325 e. The Bertz CT molecular complexity index is 806. The zero-order valence-corrected chi connectivity index (χ0v) is 17.9. The average molecular weight is 394 g/mol. The number of carbonyl (C=O) groups excluding carboxylic acids is 1. The van der Waals surface area contributed by atoms with E-state index in [9.17, 15) is 4.79 Å². The highest BCUT2D eigenvalue weighted by molar-refractivity contribution is 7.81. The lowest BCUT2D eigenvalue weighted by Gasteiger charge is -2.36. The molecule has 1 saturated carbocycles. The van der Waals surface area contributed by atoms with Crippen LogP contribution in [0.3, 0.4) is 0 Å². The molecule has 2 nitrogen and oxygen atoms in total. The fourth-order valence-corrected chi connectivity index (χ4v) is 4.49. The summed E-state index contributed by atoms with van der Waals surface area (Å²) in [6.45, 7) is 4.48. The topological polar surface area (TPSA) is 29.1 Å². The monoisotopic (exact) mass is 393 g/mol. The molecule has 1 amide bonds. The summed E-state index contributed by atoms with van der Waals surface area (Å²) in [5.41, 5.74) is 2.53. The summed E-state index contributed by atoms with van der Waals surface area (Å²) in [6.07, 6.45) is 7.60. The van der Waals surface area contributed by atoms with E-state index in [2.05, 4.69) is 19.2 Å². The molecular formula is C25H31NOS. The molecule has 0 bridgehead atoms. The minimum absolute atomic E-state index is 0.177. The van der Waals surface area contributed by atoms with E-state index in [1.165, 1.54) is 6.42 Å². The van der Waals surface area contributed by atoms with Gasteiger partial charge in [0.05, 0.1) is 4.86 Å². The summed E-state index contributed by atoms with van der Waals surface area (Å²) in [4.78, 5) is 14.2. The van der Waals surface area contributed by atoms with Gasteiger partial charge < -0.3 is 5.32 Å². The van der Waals surface area contributed by atoms with Crippen LogP contribution in [0.2, 0.25) is 0 Å². The molecule has 2 aromatic rings. The van der Waals surface area contributed by atoms with E-state index in [0.29, 0.717) is 5.92 Å². The van der Waals surface area contributed by atoms with Crippen molar-refractivity contribution in [3.8, 4) is 0 Å². The van der Waals surface area contributed by atoms with E-state index in [1.54, 1.807) is 0 Å². The van der Waals surface area contributed by atoms with Crippen molar-refractivity contribution in [3.63, 3.8) is 0 Å². The fraction of sp³-hybridized carbons (Fsp3) is 0.440. The summed E-state index contributed by atoms with van der Waals surface area (Å²) in [5, 5.41) is 3.27. The summed E-state index contributed by atoms with van der Waals surface area (Å²) in [7, 11) is 0. The Hall–Kier alpha value is -2.00. The first-order valence-electron chi connectivity index (χ1n) is 10.5. The van der Waals surface area contributed by atoms with Gasteiger partial charge in [0.25, 0.3) is 0 Å². The molecule has 0 unspecified atom stereocenters. The molecule has 0 spiro atoms. The Morgan fingerprint density at radius 2 is 1.64 bits per heavy atom. The first-order chi connectivity index (χ1) is 13.5. The van der Waals surface area contributed by atoms with Crippen LogP contribution in [0, 0.1) is 11.3 Å². The molecular weight excluding hydrogens is 362 g/mol. The molecule has 1 fully saturated rings. The maximum absolute atomic E-state index is 13.5. The first kappa shape index (κ1) is 20.7. The van der Waals surface area contributed by atoms with Crippen molar-refractivity contribution in [2.24, 2.45) is 11.3 Å². The van der Waals surface area contributed by atoms with Crippen LogP contribution in [0.1, 0.15) is 69.9 Å². The second-order valence-corrected chi connectivity index (χ2v) is 8.88. The van der Waals surface area contributed by atoms with Crippen molar-refractivity contribution >= 4 is 28.7 Å². The van der Waals surface area contributed by atoms with Gasteiger partial charge in [-0.1, -0.05) is 93.9 Å². The maximum Gasteiger partial charge on any atom is 0.230 e. The number of rotatable bonds is 7. The van der Waals surface area contributed by atoms with E-state index in [4.69, 9.17) is 12.2 Å². The lowest BCUT2D eigenvalue weighted by molar-refractivity contribution is -0.128. The molecule has 0 saturated heterocycles. The van der Waals surface area contributed by atoms with Crippen LogP contribution < -0.4 is 5.32 Å². The van der Waals surface area contributed by atoms with Crippen LogP contribution in [0.5, 0.6) is 0 Å². The number of hydrogen-bond acceptors (Lipinski definition) is 2. The van der Waals surface area contributed by atoms with Crippen LogP contribution in [0.4, 0.5) is 5.69 Å². The summed E-state index contributed by atoms with van der Waals surface area (Å²) >= 11 is 5.75. The van der Waals surface area contributed by atoms with Crippen LogP contribution in [0.15, 0.2) is 54.6 Å². The molecule has 0 atom stereocenters. The van der Waals surface area contributed by atoms with E-state index >= 15 is 0 Å². The standard InChI is InChI=1S/C25H31NOS/c1-19(2)15-18-25(16-9-4-10-17-25)24(27)26-22-14-8-7-13-21(22)23(28)20-11-5-3-6-12-20/h3,5-8,11-14,19H,4,9-10,15-18H2,1-2H3,(H,26,27). The molecule has 0 aromatic heterocycles. The minimum Gasteiger partial charge on any atom is -0.325 e. The highest BCUT2D eigenvalue weighted by atomic mass is 32.1. The Labute approximate surface area is 174 Å². The van der Waals surface area contributed by atoms with Crippen molar-refractivity contribution in [2.75, 3.05) is 5.32 Å².